The fraction of sp³-hybridized carbons (Fsp3) is 0.467. The number of anilines is 1. The second kappa shape index (κ2) is 5.73. The highest BCUT2D eigenvalue weighted by Gasteiger charge is 2.22. The first kappa shape index (κ1) is 13.9. The van der Waals surface area contributed by atoms with Crippen molar-refractivity contribution in [3.05, 3.63) is 24.1 Å². The van der Waals surface area contributed by atoms with Gasteiger partial charge in [0.25, 0.3) is 0 Å². The van der Waals surface area contributed by atoms with Gasteiger partial charge in [0.1, 0.15) is 5.52 Å². The molecule has 1 aliphatic rings. The highest BCUT2D eigenvalue weighted by molar-refractivity contribution is 5.85. The van der Waals surface area contributed by atoms with Crippen LogP contribution in [-0.4, -0.2) is 28.9 Å². The molecule has 1 aromatic heterocycles. The number of aromatic nitrogens is 1. The van der Waals surface area contributed by atoms with Gasteiger partial charge >= 0.3 is 0 Å². The minimum absolute atomic E-state index is 0.206. The highest BCUT2D eigenvalue weighted by atomic mass is 16.3. The van der Waals surface area contributed by atoms with E-state index >= 15 is 0 Å². The van der Waals surface area contributed by atoms with E-state index < -0.39 is 0 Å². The summed E-state index contributed by atoms with van der Waals surface area (Å²) in [5.74, 6) is 0.900. The third-order valence-corrected chi connectivity index (χ3v) is 4.05. The summed E-state index contributed by atoms with van der Waals surface area (Å²) in [6, 6.07) is 5.56. The van der Waals surface area contributed by atoms with E-state index in [1.807, 2.05) is 18.2 Å². The molecule has 1 fully saturated rings. The van der Waals surface area contributed by atoms with E-state index in [0.29, 0.717) is 30.5 Å². The molecule has 1 aromatic carbocycles. The van der Waals surface area contributed by atoms with Crippen molar-refractivity contribution in [3.63, 3.8) is 0 Å². The number of hydrogen-bond acceptors (Lipinski definition) is 5. The van der Waals surface area contributed by atoms with Crippen LogP contribution in [0.1, 0.15) is 25.2 Å². The van der Waals surface area contributed by atoms with Gasteiger partial charge < -0.3 is 15.9 Å². The number of nitrogens with two attached hydrogens (primary N) is 2. The summed E-state index contributed by atoms with van der Waals surface area (Å²) in [6.45, 7) is 2.55. The van der Waals surface area contributed by atoms with Gasteiger partial charge in [0.15, 0.2) is 5.58 Å². The van der Waals surface area contributed by atoms with E-state index in [1.165, 1.54) is 0 Å². The first-order valence-electron chi connectivity index (χ1n) is 7.26. The van der Waals surface area contributed by atoms with Crippen LogP contribution in [0.3, 0.4) is 0 Å². The van der Waals surface area contributed by atoms with Gasteiger partial charge in [-0.05, 0) is 44.0 Å². The average molecular weight is 288 g/mol. The molecule has 1 aliphatic heterocycles. The Morgan fingerprint density at radius 2 is 2.14 bits per heavy atom. The van der Waals surface area contributed by atoms with Crippen molar-refractivity contribution in [1.29, 1.82) is 0 Å². The standard InChI is InChI=1S/C15H20N4O2/c16-11-2-1-3-12-15(11)18-14(21-12)9-19-6-4-10(5-7-19)8-13(17)20/h1-3,10H,4-9,16H2,(H2,17,20). The molecule has 2 heterocycles. The Morgan fingerprint density at radius 1 is 1.38 bits per heavy atom. The Morgan fingerprint density at radius 3 is 2.81 bits per heavy atom. The zero-order valence-corrected chi connectivity index (χ0v) is 11.9. The zero-order chi connectivity index (χ0) is 14.8. The number of para-hydroxylation sites is 1. The van der Waals surface area contributed by atoms with Crippen molar-refractivity contribution in [2.24, 2.45) is 11.7 Å². The van der Waals surface area contributed by atoms with Gasteiger partial charge in [0.05, 0.1) is 12.2 Å². The Labute approximate surface area is 123 Å². The lowest BCUT2D eigenvalue weighted by atomic mass is 9.93. The van der Waals surface area contributed by atoms with Crippen LogP contribution in [0.4, 0.5) is 5.69 Å². The van der Waals surface area contributed by atoms with Crippen LogP contribution in [0.15, 0.2) is 22.6 Å². The molecule has 1 saturated heterocycles. The second-order valence-electron chi connectivity index (χ2n) is 5.69. The van der Waals surface area contributed by atoms with Crippen LogP contribution >= 0.6 is 0 Å². The number of primary amides is 1. The quantitative estimate of drug-likeness (QED) is 0.831. The summed E-state index contributed by atoms with van der Waals surface area (Å²) in [6.07, 6.45) is 2.48. The smallest absolute Gasteiger partial charge is 0.217 e. The second-order valence-corrected chi connectivity index (χ2v) is 5.69. The number of oxazole rings is 1. The first-order chi connectivity index (χ1) is 10.1. The van der Waals surface area contributed by atoms with Gasteiger partial charge in [-0.15, -0.1) is 0 Å². The van der Waals surface area contributed by atoms with E-state index in [1.54, 1.807) is 0 Å². The molecule has 1 amide bonds. The molecule has 0 unspecified atom stereocenters. The van der Waals surface area contributed by atoms with E-state index in [-0.39, 0.29) is 5.91 Å². The molecule has 4 N–H and O–H groups in total. The van der Waals surface area contributed by atoms with Crippen LogP contribution in [0, 0.1) is 5.92 Å². The molecule has 0 saturated carbocycles. The van der Waals surface area contributed by atoms with Gasteiger partial charge in [0.2, 0.25) is 11.8 Å². The molecule has 2 aromatic rings. The van der Waals surface area contributed by atoms with E-state index in [4.69, 9.17) is 15.9 Å². The van der Waals surface area contributed by atoms with Gasteiger partial charge in [-0.25, -0.2) is 4.98 Å². The summed E-state index contributed by atoms with van der Waals surface area (Å²) in [4.78, 5) is 17.7. The van der Waals surface area contributed by atoms with Gasteiger partial charge in [-0.2, -0.15) is 0 Å². The summed E-state index contributed by atoms with van der Waals surface area (Å²) in [7, 11) is 0. The summed E-state index contributed by atoms with van der Waals surface area (Å²) in [5, 5.41) is 0. The molecule has 21 heavy (non-hydrogen) atoms. The van der Waals surface area contributed by atoms with E-state index in [2.05, 4.69) is 9.88 Å². The molecule has 6 heteroatoms. The molecule has 0 bridgehead atoms. The van der Waals surface area contributed by atoms with Crippen molar-refractivity contribution >= 4 is 22.7 Å². The number of piperidine rings is 1. The summed E-state index contributed by atoms with van der Waals surface area (Å²) >= 11 is 0. The van der Waals surface area contributed by atoms with Crippen molar-refractivity contribution in [1.82, 2.24) is 9.88 Å². The van der Waals surface area contributed by atoms with E-state index in [0.717, 1.165) is 37.0 Å². The van der Waals surface area contributed by atoms with Crippen LogP contribution in [0.25, 0.3) is 11.1 Å². The Bertz CT molecular complexity index is 644. The van der Waals surface area contributed by atoms with E-state index in [9.17, 15) is 4.79 Å². The molecule has 0 radical (unpaired) electrons. The maximum atomic E-state index is 10.9. The topological polar surface area (TPSA) is 98.4 Å². The Kier molecular flexibility index (Phi) is 3.79. The Balaban J connectivity index is 1.62. The molecular weight excluding hydrogens is 268 g/mol. The maximum Gasteiger partial charge on any atom is 0.217 e. The fourth-order valence-electron chi connectivity index (χ4n) is 2.91. The van der Waals surface area contributed by atoms with Crippen LogP contribution in [0.2, 0.25) is 0 Å². The zero-order valence-electron chi connectivity index (χ0n) is 11.9. The summed E-state index contributed by atoms with van der Waals surface area (Å²) in [5.41, 5.74) is 13.2. The molecule has 0 atom stereocenters. The lowest BCUT2D eigenvalue weighted by Gasteiger charge is -2.30. The lowest BCUT2D eigenvalue weighted by Crippen LogP contribution is -2.34. The van der Waals surface area contributed by atoms with Gasteiger partial charge in [0, 0.05) is 6.42 Å². The minimum Gasteiger partial charge on any atom is -0.439 e. The van der Waals surface area contributed by atoms with Crippen molar-refractivity contribution in [2.45, 2.75) is 25.8 Å². The predicted molar refractivity (Wildman–Crippen MR) is 80.2 cm³/mol. The monoisotopic (exact) mass is 288 g/mol. The van der Waals surface area contributed by atoms with Crippen molar-refractivity contribution in [3.8, 4) is 0 Å². The first-order valence-corrected chi connectivity index (χ1v) is 7.26. The maximum absolute atomic E-state index is 10.9. The minimum atomic E-state index is -0.206. The number of hydrogen-bond donors (Lipinski definition) is 2. The third-order valence-electron chi connectivity index (χ3n) is 4.05. The number of carbonyl (C=O) groups is 1. The molecule has 6 nitrogen and oxygen atoms in total. The highest BCUT2D eigenvalue weighted by Crippen LogP contribution is 2.24. The summed E-state index contributed by atoms with van der Waals surface area (Å²) < 4.78 is 5.74. The Hall–Kier alpha value is -2.08. The number of benzene rings is 1. The number of nitrogen functional groups attached to an aromatic ring is 1. The van der Waals surface area contributed by atoms with Gasteiger partial charge in [-0.3, -0.25) is 9.69 Å². The third kappa shape index (κ3) is 3.16. The largest absolute Gasteiger partial charge is 0.439 e. The predicted octanol–water partition coefficient (Wildman–Crippen LogP) is 1.50. The van der Waals surface area contributed by atoms with Crippen molar-refractivity contribution in [2.75, 3.05) is 18.8 Å². The number of fused-ring (bicyclic) bond motifs is 1. The van der Waals surface area contributed by atoms with Crippen LogP contribution in [0.5, 0.6) is 0 Å². The SMILES string of the molecule is NC(=O)CC1CCN(Cc2nc3c(N)cccc3o2)CC1. The molecule has 3 rings (SSSR count). The van der Waals surface area contributed by atoms with Crippen LogP contribution < -0.4 is 11.5 Å². The molecule has 112 valence electrons. The lowest BCUT2D eigenvalue weighted by molar-refractivity contribution is -0.119. The number of likely N-dealkylation sites (tertiary alicyclic amines) is 1. The molecule has 0 aliphatic carbocycles. The molecule has 0 spiro atoms. The average Bonchev–Trinajstić information content (AvgIpc) is 2.84. The number of carbonyl (C=O) groups excluding carboxylic acids is 1. The van der Waals surface area contributed by atoms with Crippen LogP contribution in [-0.2, 0) is 11.3 Å². The number of nitrogens with zero attached hydrogens (tertiary/aromatic N) is 2. The number of amides is 1. The fourth-order valence-corrected chi connectivity index (χ4v) is 2.91. The van der Waals surface area contributed by atoms with Gasteiger partial charge in [-0.1, -0.05) is 6.07 Å². The molecular formula is C15H20N4O2. The van der Waals surface area contributed by atoms with Crippen molar-refractivity contribution < 1.29 is 9.21 Å². The number of rotatable bonds is 4. The normalized spacial score (nSPS) is 17.3.